The van der Waals surface area contributed by atoms with Gasteiger partial charge in [-0.2, -0.15) is 5.10 Å². The summed E-state index contributed by atoms with van der Waals surface area (Å²) in [6.07, 6.45) is 4.09. The monoisotopic (exact) mass is 366 g/mol. The van der Waals surface area contributed by atoms with Gasteiger partial charge in [-0.3, -0.25) is 14.8 Å². The van der Waals surface area contributed by atoms with Gasteiger partial charge in [0.2, 0.25) is 0 Å². The number of ether oxygens (including phenoxy) is 2. The van der Waals surface area contributed by atoms with Crippen LogP contribution in [0.15, 0.2) is 12.3 Å². The molecule has 9 nitrogen and oxygen atoms in total. The Bertz CT molecular complexity index is 704. The molecule has 0 saturated carbocycles. The van der Waals surface area contributed by atoms with Crippen LogP contribution in [0.25, 0.3) is 5.57 Å². The van der Waals surface area contributed by atoms with Gasteiger partial charge in [0.1, 0.15) is 17.5 Å². The molecule has 144 valence electrons. The summed E-state index contributed by atoms with van der Waals surface area (Å²) < 4.78 is 12.3. The number of nitro groups is 1. The van der Waals surface area contributed by atoms with Crippen LogP contribution in [0.1, 0.15) is 45.7 Å². The molecule has 1 aliphatic carbocycles. The first-order valence-electron chi connectivity index (χ1n) is 8.50. The number of methoxy groups -OCH3 is 1. The van der Waals surface area contributed by atoms with Crippen molar-refractivity contribution in [2.45, 2.75) is 57.8 Å². The van der Waals surface area contributed by atoms with Gasteiger partial charge in [0.25, 0.3) is 0 Å². The third-order valence-electron chi connectivity index (χ3n) is 4.20. The first-order valence-corrected chi connectivity index (χ1v) is 8.50. The molecule has 0 unspecified atom stereocenters. The van der Waals surface area contributed by atoms with Gasteiger partial charge in [0.15, 0.2) is 0 Å². The van der Waals surface area contributed by atoms with Crippen molar-refractivity contribution in [3.8, 4) is 0 Å². The van der Waals surface area contributed by atoms with Crippen molar-refractivity contribution in [3.63, 3.8) is 0 Å². The fraction of sp³-hybridized carbons (Fsp3) is 0.647. The minimum Gasteiger partial charge on any atom is -0.444 e. The van der Waals surface area contributed by atoms with Gasteiger partial charge < -0.3 is 14.8 Å². The van der Waals surface area contributed by atoms with Crippen molar-refractivity contribution < 1.29 is 19.2 Å². The number of carbonyl (C=O) groups excluding carboxylic acids is 1. The topological polar surface area (TPSA) is 109 Å². The lowest BCUT2D eigenvalue weighted by Gasteiger charge is -2.27. The first kappa shape index (κ1) is 19.9. The molecule has 0 aliphatic heterocycles. The van der Waals surface area contributed by atoms with Crippen molar-refractivity contribution in [2.75, 3.05) is 7.11 Å². The van der Waals surface area contributed by atoms with Crippen LogP contribution in [-0.4, -0.2) is 45.7 Å². The van der Waals surface area contributed by atoms with Crippen molar-refractivity contribution in [3.05, 3.63) is 28.1 Å². The molecule has 1 N–H and O–H groups in total. The summed E-state index contributed by atoms with van der Waals surface area (Å²) in [4.78, 5) is 22.9. The number of rotatable bonds is 4. The molecule has 0 fully saturated rings. The van der Waals surface area contributed by atoms with E-state index in [1.807, 2.05) is 6.08 Å². The van der Waals surface area contributed by atoms with Crippen LogP contribution in [0.5, 0.6) is 0 Å². The molecule has 2 rings (SSSR count). The lowest BCUT2D eigenvalue weighted by Crippen LogP contribution is -2.45. The van der Waals surface area contributed by atoms with E-state index < -0.39 is 16.6 Å². The highest BCUT2D eigenvalue weighted by atomic mass is 16.6. The van der Waals surface area contributed by atoms with Crippen LogP contribution < -0.4 is 5.32 Å². The summed E-state index contributed by atoms with van der Waals surface area (Å²) in [6, 6.07) is -0.254. The maximum atomic E-state index is 12.1. The molecule has 0 saturated heterocycles. The van der Waals surface area contributed by atoms with Crippen molar-refractivity contribution in [1.82, 2.24) is 15.1 Å². The minimum atomic E-state index is -0.587. The van der Waals surface area contributed by atoms with Crippen LogP contribution in [0.3, 0.4) is 0 Å². The second kappa shape index (κ2) is 7.86. The molecule has 1 aromatic rings. The number of aromatic nitrogens is 2. The number of hydrogen-bond donors (Lipinski definition) is 1. The third kappa shape index (κ3) is 4.81. The Labute approximate surface area is 152 Å². The Balaban J connectivity index is 2.16. The molecule has 2 atom stereocenters. The number of hydrogen-bond acceptors (Lipinski definition) is 6. The molecule has 9 heteroatoms. The second-order valence-corrected chi connectivity index (χ2v) is 7.29. The maximum Gasteiger partial charge on any atom is 0.407 e. The van der Waals surface area contributed by atoms with Crippen LogP contribution >= 0.6 is 0 Å². The lowest BCUT2D eigenvalue weighted by atomic mass is 10.0. The largest absolute Gasteiger partial charge is 0.444 e. The van der Waals surface area contributed by atoms with E-state index in [-0.39, 0.29) is 17.8 Å². The van der Waals surface area contributed by atoms with E-state index in [0.717, 1.165) is 5.57 Å². The molecule has 1 aliphatic rings. The zero-order valence-electron chi connectivity index (χ0n) is 15.8. The summed E-state index contributed by atoms with van der Waals surface area (Å²) in [5.41, 5.74) is 0.706. The van der Waals surface area contributed by atoms with E-state index in [2.05, 4.69) is 10.4 Å². The highest BCUT2D eigenvalue weighted by Gasteiger charge is 2.30. The number of nitrogens with one attached hydrogen (secondary N) is 1. The standard InChI is InChI=1S/C17H26N4O5/c1-17(2,3)26-16(22)19-12-8-6-11(7-9-14(12)25-5)15-13(21(23)24)10-18-20(15)4/h7,10,12,14H,6,8-9H2,1-5H3,(H,19,22)/t12-,14+/m1/s1. The van der Waals surface area contributed by atoms with E-state index >= 15 is 0 Å². The number of amides is 1. The Kier molecular flexibility index (Phi) is 6.01. The van der Waals surface area contributed by atoms with E-state index in [1.165, 1.54) is 10.9 Å². The second-order valence-electron chi connectivity index (χ2n) is 7.29. The fourth-order valence-electron chi connectivity index (χ4n) is 3.05. The number of aryl methyl sites for hydroxylation is 1. The molecule has 0 spiro atoms. The zero-order chi connectivity index (χ0) is 19.5. The van der Waals surface area contributed by atoms with Gasteiger partial charge in [0, 0.05) is 14.2 Å². The molecule has 1 heterocycles. The molecular weight excluding hydrogens is 340 g/mol. The number of alkyl carbamates (subject to hydrolysis) is 1. The quantitative estimate of drug-likeness (QED) is 0.648. The SMILES string of the molecule is CO[C@H]1CC=C(c2c([N+](=O)[O-])cnn2C)CC[C@H]1NC(=O)OC(C)(C)C. The normalized spacial score (nSPS) is 20.9. The Hall–Kier alpha value is -2.42. The Morgan fingerprint density at radius 1 is 1.46 bits per heavy atom. The highest BCUT2D eigenvalue weighted by Crippen LogP contribution is 2.32. The minimum absolute atomic E-state index is 0.0220. The van der Waals surface area contributed by atoms with E-state index in [9.17, 15) is 14.9 Å². The van der Waals surface area contributed by atoms with E-state index in [1.54, 1.807) is 34.9 Å². The summed E-state index contributed by atoms with van der Waals surface area (Å²) in [6.45, 7) is 5.40. The van der Waals surface area contributed by atoms with Gasteiger partial charge in [-0.15, -0.1) is 0 Å². The number of carbonyl (C=O) groups is 1. The van der Waals surface area contributed by atoms with Crippen LogP contribution in [0.4, 0.5) is 10.5 Å². The Morgan fingerprint density at radius 2 is 2.15 bits per heavy atom. The predicted molar refractivity (Wildman–Crippen MR) is 95.6 cm³/mol. The van der Waals surface area contributed by atoms with Gasteiger partial charge in [-0.25, -0.2) is 4.79 Å². The van der Waals surface area contributed by atoms with Crippen molar-refractivity contribution >= 4 is 17.4 Å². The lowest BCUT2D eigenvalue weighted by molar-refractivity contribution is -0.385. The van der Waals surface area contributed by atoms with Crippen molar-refractivity contribution in [1.29, 1.82) is 0 Å². The molecule has 1 amide bonds. The van der Waals surface area contributed by atoms with Crippen LogP contribution in [-0.2, 0) is 16.5 Å². The van der Waals surface area contributed by atoms with Crippen LogP contribution in [0, 0.1) is 10.1 Å². The summed E-state index contributed by atoms with van der Waals surface area (Å²) in [5, 5.41) is 18.1. The highest BCUT2D eigenvalue weighted by molar-refractivity contribution is 5.71. The zero-order valence-corrected chi connectivity index (χ0v) is 15.8. The molecule has 0 radical (unpaired) electrons. The molecular formula is C17H26N4O5. The van der Waals surface area contributed by atoms with Crippen LogP contribution in [0.2, 0.25) is 0 Å². The summed E-state index contributed by atoms with van der Waals surface area (Å²) in [7, 11) is 3.26. The van der Waals surface area contributed by atoms with Gasteiger partial charge in [0.05, 0.1) is 17.1 Å². The van der Waals surface area contributed by atoms with E-state index in [4.69, 9.17) is 9.47 Å². The smallest absolute Gasteiger partial charge is 0.407 e. The average Bonchev–Trinajstić information content (AvgIpc) is 2.79. The molecule has 1 aromatic heterocycles. The van der Waals surface area contributed by atoms with Gasteiger partial charge in [-0.1, -0.05) is 6.08 Å². The first-order chi connectivity index (χ1) is 12.1. The molecule has 0 aromatic carbocycles. The van der Waals surface area contributed by atoms with Gasteiger partial charge >= 0.3 is 11.8 Å². The Morgan fingerprint density at radius 3 is 2.73 bits per heavy atom. The maximum absolute atomic E-state index is 12.1. The van der Waals surface area contributed by atoms with Gasteiger partial charge in [-0.05, 0) is 45.6 Å². The molecule has 0 bridgehead atoms. The van der Waals surface area contributed by atoms with E-state index in [0.29, 0.717) is 25.0 Å². The summed E-state index contributed by atoms with van der Waals surface area (Å²) >= 11 is 0. The fourth-order valence-corrected chi connectivity index (χ4v) is 3.05. The predicted octanol–water partition coefficient (Wildman–Crippen LogP) is 2.80. The molecule has 26 heavy (non-hydrogen) atoms. The number of nitrogens with zero attached hydrogens (tertiary/aromatic N) is 3. The number of allylic oxidation sites excluding steroid dienone is 1. The van der Waals surface area contributed by atoms with Crippen molar-refractivity contribution in [2.24, 2.45) is 7.05 Å². The average molecular weight is 366 g/mol. The third-order valence-corrected chi connectivity index (χ3v) is 4.20. The summed E-state index contributed by atoms with van der Waals surface area (Å²) in [5.74, 6) is 0.